The molecule has 0 unspecified atom stereocenters. The van der Waals surface area contributed by atoms with Crippen LogP contribution < -0.4 is 20.3 Å². The number of carbonyl (C=O) groups excluding carboxylic acids is 4. The summed E-state index contributed by atoms with van der Waals surface area (Å²) in [5.74, 6) is -1.75. The van der Waals surface area contributed by atoms with Crippen molar-refractivity contribution in [2.24, 2.45) is 0 Å². The molecule has 39 heavy (non-hydrogen) atoms. The molecule has 0 atom stereocenters. The van der Waals surface area contributed by atoms with Crippen molar-refractivity contribution in [2.45, 2.75) is 19.8 Å². The summed E-state index contributed by atoms with van der Waals surface area (Å²) in [4.78, 5) is 52.3. The summed E-state index contributed by atoms with van der Waals surface area (Å²) in [5, 5.41) is 5.33. The number of para-hydroxylation sites is 1. The van der Waals surface area contributed by atoms with Crippen LogP contribution in [-0.2, 0) is 14.3 Å². The van der Waals surface area contributed by atoms with E-state index in [1.165, 1.54) is 13.2 Å². The van der Waals surface area contributed by atoms with Crippen LogP contribution in [0.4, 0.5) is 17.1 Å². The standard InChI is InChI=1S/C29H26ClN3O6/c1-3-4-16-39-29(37)22-10-5-6-11-23(22)32-26(34)18-8-7-9-19(17-18)31-25-24(30)27(35)33(28(25)36)20-12-14-21(38-2)15-13-20/h5-15,17,31H,3-4,16H2,1-2H3,(H,32,34). The van der Waals surface area contributed by atoms with Gasteiger partial charge in [-0.1, -0.05) is 43.1 Å². The Morgan fingerprint density at radius 3 is 2.41 bits per heavy atom. The van der Waals surface area contributed by atoms with Gasteiger partial charge in [0.25, 0.3) is 17.7 Å². The van der Waals surface area contributed by atoms with Crippen LogP contribution in [0.1, 0.15) is 40.5 Å². The third-order valence-corrected chi connectivity index (χ3v) is 6.23. The van der Waals surface area contributed by atoms with Gasteiger partial charge in [-0.15, -0.1) is 0 Å². The van der Waals surface area contributed by atoms with Gasteiger partial charge in [-0.05, 0) is 61.0 Å². The normalized spacial score (nSPS) is 12.9. The zero-order valence-electron chi connectivity index (χ0n) is 21.3. The van der Waals surface area contributed by atoms with Crippen molar-refractivity contribution in [2.75, 3.05) is 29.3 Å². The molecule has 4 rings (SSSR count). The summed E-state index contributed by atoms with van der Waals surface area (Å²) >= 11 is 6.24. The molecule has 3 amide bonds. The van der Waals surface area contributed by atoms with Crippen molar-refractivity contribution in [3.8, 4) is 5.75 Å². The van der Waals surface area contributed by atoms with E-state index in [4.69, 9.17) is 21.1 Å². The zero-order chi connectivity index (χ0) is 27.9. The van der Waals surface area contributed by atoms with Crippen molar-refractivity contribution in [1.29, 1.82) is 0 Å². The summed E-state index contributed by atoms with van der Waals surface area (Å²) in [6.07, 6.45) is 1.63. The number of unbranched alkanes of at least 4 members (excludes halogenated alkanes) is 1. The number of nitrogens with zero attached hydrogens (tertiary/aromatic N) is 1. The lowest BCUT2D eigenvalue weighted by atomic mass is 10.1. The van der Waals surface area contributed by atoms with Gasteiger partial charge >= 0.3 is 5.97 Å². The van der Waals surface area contributed by atoms with E-state index in [-0.39, 0.29) is 21.9 Å². The first-order chi connectivity index (χ1) is 18.8. The highest BCUT2D eigenvalue weighted by Gasteiger charge is 2.39. The molecule has 3 aromatic carbocycles. The molecule has 0 radical (unpaired) electrons. The largest absolute Gasteiger partial charge is 0.497 e. The average molecular weight is 548 g/mol. The molecule has 0 bridgehead atoms. The van der Waals surface area contributed by atoms with Crippen LogP contribution in [0.5, 0.6) is 5.75 Å². The van der Waals surface area contributed by atoms with Gasteiger partial charge < -0.3 is 20.1 Å². The van der Waals surface area contributed by atoms with E-state index in [9.17, 15) is 19.2 Å². The first-order valence-corrected chi connectivity index (χ1v) is 12.6. The smallest absolute Gasteiger partial charge is 0.340 e. The Hall–Kier alpha value is -4.63. The summed E-state index contributed by atoms with van der Waals surface area (Å²) in [7, 11) is 1.51. The lowest BCUT2D eigenvalue weighted by molar-refractivity contribution is -0.120. The molecule has 0 aliphatic carbocycles. The highest BCUT2D eigenvalue weighted by Crippen LogP contribution is 2.31. The van der Waals surface area contributed by atoms with Crippen LogP contribution in [0.15, 0.2) is 83.5 Å². The Kier molecular flexibility index (Phi) is 8.63. The Labute approximate surface area is 230 Å². The molecule has 0 aromatic heterocycles. The average Bonchev–Trinajstić information content (AvgIpc) is 3.16. The fraction of sp³-hybridized carbons (Fsp3) is 0.172. The minimum absolute atomic E-state index is 0.116. The number of esters is 1. The molecule has 0 fully saturated rings. The Morgan fingerprint density at radius 1 is 0.949 bits per heavy atom. The maximum absolute atomic E-state index is 13.1. The molecule has 1 aliphatic rings. The second kappa shape index (κ2) is 12.3. The van der Waals surface area contributed by atoms with Crippen LogP contribution in [0, 0.1) is 0 Å². The number of methoxy groups -OCH3 is 1. The lowest BCUT2D eigenvalue weighted by Crippen LogP contribution is -2.32. The zero-order valence-corrected chi connectivity index (χ0v) is 22.1. The molecule has 200 valence electrons. The predicted molar refractivity (Wildman–Crippen MR) is 148 cm³/mol. The number of halogens is 1. The van der Waals surface area contributed by atoms with Gasteiger partial charge in [-0.25, -0.2) is 9.69 Å². The molecule has 1 aliphatic heterocycles. The minimum atomic E-state index is -0.675. The molecule has 3 aromatic rings. The highest BCUT2D eigenvalue weighted by atomic mass is 35.5. The van der Waals surface area contributed by atoms with Crippen molar-refractivity contribution < 1.29 is 28.7 Å². The van der Waals surface area contributed by atoms with E-state index in [2.05, 4.69) is 10.6 Å². The van der Waals surface area contributed by atoms with Gasteiger partial charge in [0.2, 0.25) is 0 Å². The number of rotatable bonds is 10. The fourth-order valence-electron chi connectivity index (χ4n) is 3.81. The third kappa shape index (κ3) is 6.10. The number of imide groups is 1. The van der Waals surface area contributed by atoms with Crippen molar-refractivity contribution in [3.63, 3.8) is 0 Å². The SMILES string of the molecule is CCCCOC(=O)c1ccccc1NC(=O)c1cccc(NC2=C(Cl)C(=O)N(c3ccc(OC)cc3)C2=O)c1. The summed E-state index contributed by atoms with van der Waals surface area (Å²) in [6.45, 7) is 2.29. The van der Waals surface area contributed by atoms with Gasteiger partial charge in [0.15, 0.2) is 0 Å². The molecule has 9 nitrogen and oxygen atoms in total. The van der Waals surface area contributed by atoms with Crippen LogP contribution in [0.3, 0.4) is 0 Å². The molecular weight excluding hydrogens is 522 g/mol. The van der Waals surface area contributed by atoms with Gasteiger partial charge in [-0.2, -0.15) is 0 Å². The fourth-order valence-corrected chi connectivity index (χ4v) is 4.02. The van der Waals surface area contributed by atoms with Crippen LogP contribution in [0.2, 0.25) is 0 Å². The third-order valence-electron chi connectivity index (χ3n) is 5.88. The lowest BCUT2D eigenvalue weighted by Gasteiger charge is -2.15. The second-order valence-corrected chi connectivity index (χ2v) is 8.91. The Morgan fingerprint density at radius 2 is 1.69 bits per heavy atom. The van der Waals surface area contributed by atoms with E-state index in [1.54, 1.807) is 66.7 Å². The van der Waals surface area contributed by atoms with E-state index in [0.717, 1.165) is 17.7 Å². The number of carbonyl (C=O) groups is 4. The highest BCUT2D eigenvalue weighted by molar-refractivity contribution is 6.53. The van der Waals surface area contributed by atoms with Crippen LogP contribution >= 0.6 is 11.6 Å². The van der Waals surface area contributed by atoms with Gasteiger partial charge in [0.05, 0.1) is 30.7 Å². The number of hydrogen-bond acceptors (Lipinski definition) is 7. The second-order valence-electron chi connectivity index (χ2n) is 8.53. The monoisotopic (exact) mass is 547 g/mol. The molecule has 0 saturated heterocycles. The maximum Gasteiger partial charge on any atom is 0.340 e. The van der Waals surface area contributed by atoms with Crippen molar-refractivity contribution >= 4 is 52.4 Å². The van der Waals surface area contributed by atoms with Crippen LogP contribution in [-0.4, -0.2) is 37.4 Å². The number of amides is 3. The van der Waals surface area contributed by atoms with E-state index < -0.39 is 23.7 Å². The van der Waals surface area contributed by atoms with Crippen molar-refractivity contribution in [3.05, 3.63) is 94.7 Å². The number of hydrogen-bond donors (Lipinski definition) is 2. The summed E-state index contributed by atoms with van der Waals surface area (Å²) in [5.41, 5.74) is 1.37. The first kappa shape index (κ1) is 27.4. The predicted octanol–water partition coefficient (Wildman–Crippen LogP) is 5.34. The number of anilines is 3. The molecular formula is C29H26ClN3O6. The minimum Gasteiger partial charge on any atom is -0.497 e. The van der Waals surface area contributed by atoms with Gasteiger partial charge in [-0.3, -0.25) is 14.4 Å². The molecule has 0 saturated carbocycles. The number of benzene rings is 3. The summed E-state index contributed by atoms with van der Waals surface area (Å²) < 4.78 is 10.4. The van der Waals surface area contributed by atoms with Crippen LogP contribution in [0.25, 0.3) is 0 Å². The quantitative estimate of drug-likeness (QED) is 0.200. The molecule has 1 heterocycles. The summed E-state index contributed by atoms with van der Waals surface area (Å²) in [6, 6.07) is 19.3. The van der Waals surface area contributed by atoms with E-state index in [1.807, 2.05) is 6.92 Å². The molecule has 0 spiro atoms. The van der Waals surface area contributed by atoms with E-state index >= 15 is 0 Å². The maximum atomic E-state index is 13.1. The van der Waals surface area contributed by atoms with E-state index in [0.29, 0.717) is 29.4 Å². The first-order valence-electron chi connectivity index (χ1n) is 12.2. The molecule has 10 heteroatoms. The number of nitrogens with one attached hydrogen (secondary N) is 2. The molecule has 2 N–H and O–H groups in total. The van der Waals surface area contributed by atoms with Crippen molar-refractivity contribution in [1.82, 2.24) is 0 Å². The Bertz CT molecular complexity index is 1450. The van der Waals surface area contributed by atoms with Gasteiger partial charge in [0, 0.05) is 11.3 Å². The topological polar surface area (TPSA) is 114 Å². The van der Waals surface area contributed by atoms with Gasteiger partial charge in [0.1, 0.15) is 16.5 Å². The number of ether oxygens (including phenoxy) is 2. The Balaban J connectivity index is 1.49.